The lowest BCUT2D eigenvalue weighted by Crippen LogP contribution is -2.32. The monoisotopic (exact) mass is 202 g/mol. The first-order valence-electron chi connectivity index (χ1n) is 4.40. The summed E-state index contributed by atoms with van der Waals surface area (Å²) in [6, 6.07) is 0. The number of aldehydes is 1. The second-order valence-electron chi connectivity index (χ2n) is 2.83. The van der Waals surface area contributed by atoms with Gasteiger partial charge in [0.15, 0.2) is 12.1 Å². The molecular formula is C9H15FN2O2. The fourth-order valence-electron chi connectivity index (χ4n) is 0.790. The van der Waals surface area contributed by atoms with E-state index in [0.717, 1.165) is 12.4 Å². The highest BCUT2D eigenvalue weighted by atomic mass is 19.1. The number of aliphatic hydroxyl groups is 1. The van der Waals surface area contributed by atoms with Crippen molar-refractivity contribution in [1.29, 1.82) is 0 Å². The van der Waals surface area contributed by atoms with Crippen LogP contribution in [0.2, 0.25) is 0 Å². The molecule has 1 aromatic heterocycles. The van der Waals surface area contributed by atoms with E-state index in [4.69, 9.17) is 0 Å². The van der Waals surface area contributed by atoms with Crippen molar-refractivity contribution in [3.8, 4) is 0 Å². The van der Waals surface area contributed by atoms with Crippen molar-refractivity contribution >= 4 is 6.29 Å². The van der Waals surface area contributed by atoms with E-state index in [1.54, 1.807) is 0 Å². The van der Waals surface area contributed by atoms with Gasteiger partial charge in [-0.05, 0) is 6.92 Å². The average molecular weight is 202 g/mol. The molecule has 14 heavy (non-hydrogen) atoms. The molecule has 0 fully saturated rings. The minimum Gasteiger partial charge on any atom is -0.381 e. The average Bonchev–Trinajstić information content (AvgIpc) is 2.54. The Morgan fingerprint density at radius 3 is 2.64 bits per heavy atom. The van der Waals surface area contributed by atoms with Gasteiger partial charge in [-0.2, -0.15) is 5.10 Å². The Hall–Kier alpha value is -1.23. The van der Waals surface area contributed by atoms with Crippen molar-refractivity contribution in [3.05, 3.63) is 18.2 Å². The van der Waals surface area contributed by atoms with Crippen LogP contribution < -0.4 is 0 Å². The van der Waals surface area contributed by atoms with Crippen LogP contribution in [0.4, 0.5) is 4.39 Å². The molecule has 1 atom stereocenters. The first-order valence-corrected chi connectivity index (χ1v) is 4.40. The Kier molecular flexibility index (Phi) is 5.01. The zero-order chi connectivity index (χ0) is 11.2. The van der Waals surface area contributed by atoms with Gasteiger partial charge in [0.05, 0.1) is 18.9 Å². The number of halogens is 1. The van der Waals surface area contributed by atoms with Gasteiger partial charge in [-0.1, -0.05) is 13.8 Å². The molecule has 80 valence electrons. The van der Waals surface area contributed by atoms with Gasteiger partial charge in [0.2, 0.25) is 0 Å². The minimum absolute atomic E-state index is 0.0413. The minimum atomic E-state index is -1.49. The molecule has 0 aliphatic heterocycles. The van der Waals surface area contributed by atoms with Gasteiger partial charge in [0.25, 0.3) is 0 Å². The Morgan fingerprint density at radius 1 is 1.71 bits per heavy atom. The number of hydrogen-bond acceptors (Lipinski definition) is 3. The van der Waals surface area contributed by atoms with E-state index in [2.05, 4.69) is 5.10 Å². The molecule has 5 heteroatoms. The van der Waals surface area contributed by atoms with Crippen molar-refractivity contribution in [2.24, 2.45) is 0 Å². The SMILES string of the molecule is CC.C[C@@](O)(C=O)Cn1cc(F)cn1. The molecule has 1 heterocycles. The lowest BCUT2D eigenvalue weighted by molar-refractivity contribution is -0.123. The van der Waals surface area contributed by atoms with Gasteiger partial charge in [-0.25, -0.2) is 4.39 Å². The van der Waals surface area contributed by atoms with Gasteiger partial charge in [0.1, 0.15) is 5.60 Å². The number of carbonyl (C=O) groups excluding carboxylic acids is 1. The molecule has 1 rings (SSSR count). The quantitative estimate of drug-likeness (QED) is 0.744. The van der Waals surface area contributed by atoms with Gasteiger partial charge in [-0.15, -0.1) is 0 Å². The third-order valence-corrected chi connectivity index (χ3v) is 1.34. The largest absolute Gasteiger partial charge is 0.381 e. The molecule has 0 radical (unpaired) electrons. The molecule has 0 saturated heterocycles. The van der Waals surface area contributed by atoms with E-state index < -0.39 is 11.4 Å². The summed E-state index contributed by atoms with van der Waals surface area (Å²) in [6.45, 7) is 5.29. The van der Waals surface area contributed by atoms with Crippen LogP contribution in [-0.4, -0.2) is 26.8 Å². The molecule has 1 aromatic rings. The zero-order valence-corrected chi connectivity index (χ0v) is 8.57. The lowest BCUT2D eigenvalue weighted by atomic mass is 10.1. The molecule has 0 spiro atoms. The fourth-order valence-corrected chi connectivity index (χ4v) is 0.790. The lowest BCUT2D eigenvalue weighted by Gasteiger charge is -2.14. The molecular weight excluding hydrogens is 187 g/mol. The zero-order valence-electron chi connectivity index (χ0n) is 8.57. The Morgan fingerprint density at radius 2 is 2.29 bits per heavy atom. The van der Waals surface area contributed by atoms with Crippen molar-refractivity contribution in [1.82, 2.24) is 9.78 Å². The second kappa shape index (κ2) is 5.49. The maximum Gasteiger partial charge on any atom is 0.161 e. The highest BCUT2D eigenvalue weighted by Crippen LogP contribution is 2.03. The maximum absolute atomic E-state index is 12.4. The van der Waals surface area contributed by atoms with E-state index in [9.17, 15) is 14.3 Å². The summed E-state index contributed by atoms with van der Waals surface area (Å²) in [7, 11) is 0. The smallest absolute Gasteiger partial charge is 0.161 e. The molecule has 0 amide bonds. The summed E-state index contributed by atoms with van der Waals surface area (Å²) in [6.07, 6.45) is 2.52. The molecule has 0 aliphatic carbocycles. The summed E-state index contributed by atoms with van der Waals surface area (Å²) in [4.78, 5) is 10.3. The number of carbonyl (C=O) groups is 1. The number of rotatable bonds is 3. The summed E-state index contributed by atoms with van der Waals surface area (Å²) in [5, 5.41) is 12.8. The van der Waals surface area contributed by atoms with Crippen molar-refractivity contribution in [2.75, 3.05) is 0 Å². The van der Waals surface area contributed by atoms with Crippen LogP contribution >= 0.6 is 0 Å². The number of nitrogens with zero attached hydrogens (tertiary/aromatic N) is 2. The first-order chi connectivity index (χ1) is 6.53. The Bertz CT molecular complexity index is 284. The van der Waals surface area contributed by atoms with Gasteiger partial charge < -0.3 is 9.90 Å². The van der Waals surface area contributed by atoms with E-state index in [1.165, 1.54) is 11.6 Å². The van der Waals surface area contributed by atoms with Crippen molar-refractivity contribution < 1.29 is 14.3 Å². The topological polar surface area (TPSA) is 55.1 Å². The number of hydrogen-bond donors (Lipinski definition) is 1. The van der Waals surface area contributed by atoms with Crippen molar-refractivity contribution in [3.63, 3.8) is 0 Å². The molecule has 0 saturated carbocycles. The highest BCUT2D eigenvalue weighted by Gasteiger charge is 2.20. The van der Waals surface area contributed by atoms with Crippen LogP contribution in [0.25, 0.3) is 0 Å². The normalized spacial score (nSPS) is 13.8. The van der Waals surface area contributed by atoms with Crippen LogP contribution in [0.15, 0.2) is 12.4 Å². The number of aromatic nitrogens is 2. The van der Waals surface area contributed by atoms with Crippen molar-refractivity contribution in [2.45, 2.75) is 32.9 Å². The fraction of sp³-hybridized carbons (Fsp3) is 0.556. The standard InChI is InChI=1S/C7H9FN2O2.C2H6/c1-7(12,5-11)4-10-3-6(8)2-9-10;1-2/h2-3,5,12H,4H2,1H3;1-2H3/t7-;/m0./s1. The summed E-state index contributed by atoms with van der Waals surface area (Å²) >= 11 is 0. The first kappa shape index (κ1) is 12.8. The summed E-state index contributed by atoms with van der Waals surface area (Å²) in [5.74, 6) is -0.489. The van der Waals surface area contributed by atoms with Crippen LogP contribution in [0.1, 0.15) is 20.8 Å². The predicted molar refractivity (Wildman–Crippen MR) is 50.2 cm³/mol. The Labute approximate surface area is 82.4 Å². The molecule has 0 bridgehead atoms. The van der Waals surface area contributed by atoms with E-state index >= 15 is 0 Å². The van der Waals surface area contributed by atoms with Gasteiger partial charge in [0, 0.05) is 0 Å². The second-order valence-corrected chi connectivity index (χ2v) is 2.83. The third-order valence-electron chi connectivity index (χ3n) is 1.34. The van der Waals surface area contributed by atoms with Crippen LogP contribution in [-0.2, 0) is 11.3 Å². The van der Waals surface area contributed by atoms with Gasteiger partial charge in [-0.3, -0.25) is 4.68 Å². The molecule has 4 nitrogen and oxygen atoms in total. The maximum atomic E-state index is 12.4. The third kappa shape index (κ3) is 4.13. The Balaban J connectivity index is 0.000000791. The predicted octanol–water partition coefficient (Wildman–Crippen LogP) is 0.998. The van der Waals surface area contributed by atoms with E-state index in [1.807, 2.05) is 13.8 Å². The summed E-state index contributed by atoms with van der Waals surface area (Å²) in [5.41, 5.74) is -1.49. The molecule has 0 aromatic carbocycles. The molecule has 1 N–H and O–H groups in total. The van der Waals surface area contributed by atoms with E-state index in [-0.39, 0.29) is 6.54 Å². The van der Waals surface area contributed by atoms with Crippen LogP contribution in [0, 0.1) is 5.82 Å². The van der Waals surface area contributed by atoms with Crippen LogP contribution in [0.5, 0.6) is 0 Å². The van der Waals surface area contributed by atoms with Gasteiger partial charge >= 0.3 is 0 Å². The van der Waals surface area contributed by atoms with Crippen LogP contribution in [0.3, 0.4) is 0 Å². The highest BCUT2D eigenvalue weighted by molar-refractivity contribution is 5.60. The molecule has 0 aliphatic rings. The molecule has 0 unspecified atom stereocenters. The summed E-state index contributed by atoms with van der Waals surface area (Å²) < 4.78 is 13.5. The van der Waals surface area contributed by atoms with E-state index in [0.29, 0.717) is 6.29 Å².